The van der Waals surface area contributed by atoms with Crippen LogP contribution in [0.25, 0.3) is 10.4 Å². The van der Waals surface area contributed by atoms with Gasteiger partial charge in [-0.25, -0.2) is 0 Å². The smallest absolute Gasteiger partial charge is 0.187 e. The third-order valence-electron chi connectivity index (χ3n) is 17.9. The van der Waals surface area contributed by atoms with Crippen LogP contribution in [0.5, 0.6) is 0 Å². The molecule has 0 bridgehead atoms. The van der Waals surface area contributed by atoms with Crippen molar-refractivity contribution in [1.29, 1.82) is 0 Å². The second kappa shape index (κ2) is 40.1. The zero-order chi connectivity index (χ0) is 65.3. The number of azide groups is 1. The van der Waals surface area contributed by atoms with E-state index in [9.17, 15) is 10.6 Å². The summed E-state index contributed by atoms with van der Waals surface area (Å²) < 4.78 is 84.5. The van der Waals surface area contributed by atoms with Crippen molar-refractivity contribution >= 4 is 0 Å². The molecule has 95 heavy (non-hydrogen) atoms. The van der Waals surface area contributed by atoms with Gasteiger partial charge in [-0.1, -0.05) is 301 Å². The molecule has 10 rings (SSSR count). The van der Waals surface area contributed by atoms with Gasteiger partial charge in [-0.15, -0.1) is 0 Å². The van der Waals surface area contributed by atoms with Crippen LogP contribution in [-0.4, -0.2) is 105 Å². The highest BCUT2D eigenvalue weighted by atomic mass is 16.8. The van der Waals surface area contributed by atoms with E-state index in [4.69, 9.17) is 56.8 Å². The molecule has 7 aromatic rings. The zero-order valence-electron chi connectivity index (χ0n) is 55.0. The maximum Gasteiger partial charge on any atom is 0.187 e. The van der Waals surface area contributed by atoms with E-state index in [1.807, 2.05) is 212 Å². The maximum atomic E-state index is 11.5. The second-order valence-electron chi connectivity index (χ2n) is 25.0. The summed E-state index contributed by atoms with van der Waals surface area (Å²) in [4.78, 5) is 3.48. The molecule has 0 radical (unpaired) electrons. The first-order valence-corrected chi connectivity index (χ1v) is 34.5. The van der Waals surface area contributed by atoms with Gasteiger partial charge in [-0.3, -0.25) is 0 Å². The Morgan fingerprint density at radius 2 is 0.884 bits per heavy atom. The molecule has 506 valence electrons. The first-order chi connectivity index (χ1) is 47.0. The lowest BCUT2D eigenvalue weighted by molar-refractivity contribution is -0.402. The number of ether oxygens (including phenoxy) is 12. The van der Waals surface area contributed by atoms with Gasteiger partial charge in [0.2, 0.25) is 0 Å². The van der Waals surface area contributed by atoms with Crippen molar-refractivity contribution in [2.24, 2.45) is 5.11 Å². The largest absolute Gasteiger partial charge is 0.394 e. The number of benzene rings is 7. The van der Waals surface area contributed by atoms with Crippen LogP contribution in [0, 0.1) is 0 Å². The molecule has 3 aliphatic rings. The van der Waals surface area contributed by atoms with E-state index >= 15 is 0 Å². The number of fused-ring (bicyclic) bond motifs is 1. The van der Waals surface area contributed by atoms with Gasteiger partial charge >= 0.3 is 0 Å². The number of aliphatic hydroxyl groups is 1. The lowest BCUT2D eigenvalue weighted by atomic mass is 9.95. The van der Waals surface area contributed by atoms with Gasteiger partial charge in [0.25, 0.3) is 0 Å². The first-order valence-electron chi connectivity index (χ1n) is 34.5. The Morgan fingerprint density at radius 1 is 0.453 bits per heavy atom. The monoisotopic (exact) mass is 1300 g/mol. The lowest BCUT2D eigenvalue weighted by Gasteiger charge is -2.51. The van der Waals surface area contributed by atoms with Crippen molar-refractivity contribution < 1.29 is 61.9 Å². The second-order valence-corrected chi connectivity index (χ2v) is 25.0. The van der Waals surface area contributed by atoms with Gasteiger partial charge in [0.05, 0.1) is 77.7 Å². The van der Waals surface area contributed by atoms with E-state index in [0.717, 1.165) is 58.2 Å². The Balaban J connectivity index is 0.995. The van der Waals surface area contributed by atoms with E-state index in [2.05, 4.69) is 16.9 Å². The van der Waals surface area contributed by atoms with Crippen LogP contribution < -0.4 is 0 Å². The summed E-state index contributed by atoms with van der Waals surface area (Å²) in [5.41, 5.74) is 17.1. The molecule has 0 aromatic heterocycles. The summed E-state index contributed by atoms with van der Waals surface area (Å²) in [5.74, 6) is 0. The van der Waals surface area contributed by atoms with Gasteiger partial charge in [0.1, 0.15) is 48.8 Å². The average Bonchev–Trinajstić information content (AvgIpc) is 0.910. The van der Waals surface area contributed by atoms with E-state index in [1.165, 1.54) is 57.8 Å². The molecule has 7 aromatic carbocycles. The molecule has 0 aliphatic carbocycles. The van der Waals surface area contributed by atoms with Crippen LogP contribution >= 0.6 is 0 Å². The van der Waals surface area contributed by atoms with Crippen LogP contribution in [0.1, 0.15) is 136 Å². The van der Waals surface area contributed by atoms with Gasteiger partial charge in [0, 0.05) is 10.5 Å². The molecular weight excluding hydrogens is 1200 g/mol. The standard InChI is InChI=1S/C79H97N3O13/c1-2-3-4-5-6-7-8-9-10-11-12-34-49-67(84-51-59-35-20-13-21-36-59)70(85-52-60-37-22-14-23-38-60)66(81-82-80)57-90-78-76(74(88-55-63-43-28-17-29-44-63)72-69(93-78)58-91-77(94-72)65-47-32-19-33-48-65)95-79-75(89-56-64-45-30-18-31-46-64)73(87-54-62-41-26-16-27-42-62)71(68(50-83)92-79)86-53-61-39-24-15-25-40-61/h13-33,35-48,66-79,83H,2-12,34,49-58H2,1H3/t66-,67+,68+,69+,70-,71-,72-,73-,74-,75+,76+,77?,78-,79+/m0/s1. The van der Waals surface area contributed by atoms with Crippen molar-refractivity contribution in [3.05, 3.63) is 262 Å². The van der Waals surface area contributed by atoms with Crippen LogP contribution in [0.4, 0.5) is 0 Å². The van der Waals surface area contributed by atoms with E-state index in [-0.39, 0.29) is 46.2 Å². The van der Waals surface area contributed by atoms with E-state index in [1.54, 1.807) is 0 Å². The highest BCUT2D eigenvalue weighted by Gasteiger charge is 2.56. The fourth-order valence-corrected chi connectivity index (χ4v) is 12.7. The Hall–Kier alpha value is -6.67. The van der Waals surface area contributed by atoms with Gasteiger partial charge in [-0.05, 0) is 45.3 Å². The van der Waals surface area contributed by atoms with Gasteiger partial charge in [-0.2, -0.15) is 0 Å². The Kier molecular flexibility index (Phi) is 30.0. The van der Waals surface area contributed by atoms with Gasteiger partial charge in [0.15, 0.2) is 18.9 Å². The predicted molar refractivity (Wildman–Crippen MR) is 364 cm³/mol. The molecule has 3 aliphatic heterocycles. The Bertz CT molecular complexity index is 3200. The number of nitrogens with zero attached hydrogens (tertiary/aromatic N) is 3. The summed E-state index contributed by atoms with van der Waals surface area (Å²) in [6.45, 7) is 2.89. The first kappa shape index (κ1) is 71.1. The molecular formula is C79H97N3O13. The van der Waals surface area contributed by atoms with Crippen molar-refractivity contribution in [2.75, 3.05) is 19.8 Å². The minimum Gasteiger partial charge on any atom is -0.394 e. The fourth-order valence-electron chi connectivity index (χ4n) is 12.7. The van der Waals surface area contributed by atoms with Crippen molar-refractivity contribution in [3.8, 4) is 0 Å². The van der Waals surface area contributed by atoms with Crippen molar-refractivity contribution in [2.45, 2.75) is 216 Å². The fraction of sp³-hybridized carbons (Fsp3) is 0.468. The van der Waals surface area contributed by atoms with E-state index < -0.39 is 92.6 Å². The van der Waals surface area contributed by atoms with Crippen LogP contribution in [0.3, 0.4) is 0 Å². The quantitative estimate of drug-likeness (QED) is 0.0166. The predicted octanol–water partition coefficient (Wildman–Crippen LogP) is 16.2. The molecule has 0 spiro atoms. The Morgan fingerprint density at radius 3 is 1.37 bits per heavy atom. The highest BCUT2D eigenvalue weighted by Crippen LogP contribution is 2.40. The van der Waals surface area contributed by atoms with Crippen molar-refractivity contribution in [3.63, 3.8) is 0 Å². The van der Waals surface area contributed by atoms with Crippen LogP contribution in [0.2, 0.25) is 0 Å². The minimum atomic E-state index is -1.29. The summed E-state index contributed by atoms with van der Waals surface area (Å²) >= 11 is 0. The molecule has 3 fully saturated rings. The third-order valence-corrected chi connectivity index (χ3v) is 17.9. The zero-order valence-corrected chi connectivity index (χ0v) is 55.0. The molecule has 0 amide bonds. The van der Waals surface area contributed by atoms with Crippen LogP contribution in [0.15, 0.2) is 217 Å². The molecule has 14 atom stereocenters. The number of hydrogen-bond donors (Lipinski definition) is 1. The molecule has 0 saturated carbocycles. The lowest BCUT2D eigenvalue weighted by Crippen LogP contribution is -2.67. The highest BCUT2D eigenvalue weighted by molar-refractivity contribution is 5.20. The number of aliphatic hydroxyl groups excluding tert-OH is 1. The number of rotatable bonds is 41. The molecule has 16 nitrogen and oxygen atoms in total. The van der Waals surface area contributed by atoms with Crippen molar-refractivity contribution in [1.82, 2.24) is 0 Å². The van der Waals surface area contributed by atoms with Crippen LogP contribution in [-0.2, 0) is 96.5 Å². The third kappa shape index (κ3) is 22.4. The molecule has 3 saturated heterocycles. The average molecular weight is 1300 g/mol. The normalized spacial score (nSPS) is 23.6. The summed E-state index contributed by atoms with van der Waals surface area (Å²) in [6, 6.07) is 68.3. The molecule has 3 heterocycles. The summed E-state index contributed by atoms with van der Waals surface area (Å²) in [6.07, 6.45) is 3.01. The number of hydrogen-bond acceptors (Lipinski definition) is 14. The summed E-state index contributed by atoms with van der Waals surface area (Å²) in [5, 5.41) is 16.0. The molecule has 1 unspecified atom stereocenters. The maximum absolute atomic E-state index is 11.5. The SMILES string of the molecule is CCCCCCCCCCCCCC[C@@H](OCc1ccccc1)[C@@H](OCc1ccccc1)[C@H](CO[C@H]1O[C@@H]2COC(c3ccccc3)O[C@@H]2[C@H](OCc2ccccc2)[C@H]1O[C@H]1O[C@H](CO)[C@H](OCc2ccccc2)[C@H](OCc2ccccc2)[C@H]1OCc1ccccc1)N=[N+]=[N-]. The van der Waals surface area contributed by atoms with Gasteiger partial charge < -0.3 is 61.9 Å². The Labute approximate surface area is 562 Å². The summed E-state index contributed by atoms with van der Waals surface area (Å²) in [7, 11) is 0. The molecule has 1 N–H and O–H groups in total. The number of unbranched alkanes of at least 4 members (excludes halogenated alkanes) is 11. The minimum absolute atomic E-state index is 0.101. The van der Waals surface area contributed by atoms with E-state index in [0.29, 0.717) is 13.0 Å². The topological polar surface area (TPSA) is 180 Å². The molecule has 16 heteroatoms.